The van der Waals surface area contributed by atoms with Gasteiger partial charge in [-0.25, -0.2) is 4.79 Å². The number of ether oxygens (including phenoxy) is 1. The number of urea groups is 1. The lowest BCUT2D eigenvalue weighted by atomic mass is 10.0. The van der Waals surface area contributed by atoms with E-state index in [0.29, 0.717) is 12.0 Å². The number of hydrogen-bond donors (Lipinski definition) is 21. The molecule has 0 aliphatic heterocycles. The Morgan fingerprint density at radius 2 is 0.956 bits per heavy atom. The summed E-state index contributed by atoms with van der Waals surface area (Å²) in [4.78, 5) is 201. The number of benzene rings is 1. The first kappa shape index (κ1) is 78.1. The number of aliphatic carboxylic acids is 1. The van der Waals surface area contributed by atoms with Gasteiger partial charge in [-0.1, -0.05) is 26.0 Å². The second-order valence-corrected chi connectivity index (χ2v) is 20.0. The largest absolute Gasteiger partial charge is 0.508 e. The van der Waals surface area contributed by atoms with Gasteiger partial charge < -0.3 is 118 Å². The molecule has 1 aromatic carbocycles. The fourth-order valence-corrected chi connectivity index (χ4v) is 7.36. The number of phenols is 1. The van der Waals surface area contributed by atoms with E-state index in [1.165, 1.54) is 31.2 Å². The van der Waals surface area contributed by atoms with Gasteiger partial charge in [-0.15, -0.1) is 0 Å². The number of rotatable bonds is 42. The Labute approximate surface area is 519 Å². The lowest BCUT2D eigenvalue weighted by Gasteiger charge is -2.26. The molecule has 0 aliphatic carbocycles. The van der Waals surface area contributed by atoms with Crippen molar-refractivity contribution in [1.82, 2.24) is 63.8 Å². The minimum Gasteiger partial charge on any atom is -0.508 e. The summed E-state index contributed by atoms with van der Waals surface area (Å²) in [6.45, 7) is -0.644. The highest BCUT2D eigenvalue weighted by Gasteiger charge is 2.33. The first-order chi connectivity index (χ1) is 42.8. The van der Waals surface area contributed by atoms with Crippen LogP contribution >= 0.6 is 0 Å². The molecule has 0 heterocycles. The van der Waals surface area contributed by atoms with Crippen molar-refractivity contribution in [2.45, 2.75) is 108 Å². The molecule has 504 valence electrons. The SMILES string of the molecule is CC(C)C[C@H](NC(=O)/N=C/OCC(=O)NCC(=O)N[C@@H](CCCN=C(N)N)C(=O)NCC(=O)N[C@@H](CC(=O)O)C(=O)N[C@@H](CO)C(=O)NCC(=O)NCC(N)=O)C(=O)N[C@@H](Cc1ccc(O)cc1)C(=O)N[C@@H](CCCN=C(N)N)C(=O)N[C@@H](C)C(=O)NCC(N)=O. The topological polar surface area (TPSA) is 664 Å². The van der Waals surface area contributed by atoms with Crippen LogP contribution in [0, 0.1) is 5.92 Å². The van der Waals surface area contributed by atoms with Gasteiger partial charge in [0.2, 0.25) is 70.9 Å². The van der Waals surface area contributed by atoms with E-state index in [0.717, 1.165) is 0 Å². The minimum absolute atomic E-state index is 0.0200. The van der Waals surface area contributed by atoms with Crippen LogP contribution in [0.2, 0.25) is 0 Å². The average Bonchev–Trinajstić information content (AvgIpc) is 1.47. The molecule has 15 amide bonds. The van der Waals surface area contributed by atoms with Crippen LogP contribution in [0.3, 0.4) is 0 Å². The van der Waals surface area contributed by atoms with E-state index in [2.05, 4.69) is 73.5 Å². The summed E-state index contributed by atoms with van der Waals surface area (Å²) in [5.41, 5.74) is 32.0. The molecule has 0 aliphatic rings. The molecule has 0 unspecified atom stereocenters. The fraction of sp³-hybridized carbons (Fsp3) is 0.529. The maximum absolute atomic E-state index is 14.1. The average molecular weight is 1290 g/mol. The third-order valence-electron chi connectivity index (χ3n) is 11.8. The van der Waals surface area contributed by atoms with Gasteiger partial charge >= 0.3 is 12.0 Å². The van der Waals surface area contributed by atoms with Crippen LogP contribution < -0.4 is 98.2 Å². The second kappa shape index (κ2) is 42.0. The zero-order chi connectivity index (χ0) is 68.8. The molecular formula is C51H81N21O19. The monoisotopic (exact) mass is 1290 g/mol. The number of carboxylic acids is 1. The molecule has 40 heteroatoms. The number of aliphatic imine (C=N–C) groups is 3. The molecule has 0 spiro atoms. The summed E-state index contributed by atoms with van der Waals surface area (Å²) in [5.74, 6) is -15.0. The normalized spacial score (nSPS) is 13.0. The van der Waals surface area contributed by atoms with Crippen LogP contribution in [0.15, 0.2) is 39.2 Å². The Morgan fingerprint density at radius 1 is 0.505 bits per heavy atom. The molecule has 40 nitrogen and oxygen atoms in total. The van der Waals surface area contributed by atoms with Crippen molar-refractivity contribution in [1.29, 1.82) is 0 Å². The quantitative estimate of drug-likeness (QED) is 0.0164. The first-order valence-corrected chi connectivity index (χ1v) is 27.7. The van der Waals surface area contributed by atoms with E-state index in [9.17, 15) is 87.2 Å². The van der Waals surface area contributed by atoms with E-state index in [-0.39, 0.29) is 75.2 Å². The standard InChI is InChI=1S/C51H81N21O19/c1-25(2)14-31(46(87)70-32(15-27-8-10-28(74)11-9-27)47(88)69-30(7-5-13-59-50(56)57)45(86)66-26(3)42(83)62-18-36(53)76)72-51(90)65-24-91-23-40(80)61-20-38(78)67-29(6-4-12-58-49(54)55)43(84)64-21-39(79)68-33(16-41(81)82)48(89)71-34(22-73)44(85)63-19-37(77)60-17-35(52)75/h8-11,24-26,29-34,73-74H,4-7,12-23H2,1-3H3,(H2,52,75)(H2,53,76)(H,60,77)(H,61,80)(H,62,83)(H,63,85)(H,64,84)(H,66,86)(H,67,78)(H,68,79)(H,69,88)(H,70,87)(H,71,89)(H,72,90)(H,81,82)(H4,54,55,58)(H4,56,57,59)/b65-24+/t26-,29-,30-,31-,32-,33-,34-/m0/s1. The molecule has 91 heavy (non-hydrogen) atoms. The lowest BCUT2D eigenvalue weighted by Crippen LogP contribution is -2.58. The number of amides is 15. The number of nitrogens with two attached hydrogens (primary N) is 6. The van der Waals surface area contributed by atoms with Gasteiger partial charge in [0.05, 0.1) is 45.8 Å². The van der Waals surface area contributed by atoms with Crippen molar-refractivity contribution in [3.63, 3.8) is 0 Å². The molecule has 1 rings (SSSR count). The van der Waals surface area contributed by atoms with Crippen molar-refractivity contribution in [3.8, 4) is 5.75 Å². The van der Waals surface area contributed by atoms with Gasteiger partial charge in [0.1, 0.15) is 48.0 Å². The number of phenolic OH excluding ortho intramolecular Hbond substituents is 1. The molecule has 27 N–H and O–H groups in total. The Kier molecular flexibility index (Phi) is 36.0. The number of carboxylic acid groups (broad SMARTS) is 1. The molecule has 0 aromatic heterocycles. The van der Waals surface area contributed by atoms with Crippen molar-refractivity contribution >= 4 is 107 Å². The Balaban J connectivity index is 3.08. The third kappa shape index (κ3) is 35.4. The van der Waals surface area contributed by atoms with E-state index < -0.39 is 183 Å². The molecule has 0 radical (unpaired) electrons. The number of carbonyl (C=O) groups excluding carboxylic acids is 14. The molecule has 0 saturated heterocycles. The van der Waals surface area contributed by atoms with E-state index >= 15 is 0 Å². The van der Waals surface area contributed by atoms with Crippen LogP contribution in [0.5, 0.6) is 5.75 Å². The highest BCUT2D eigenvalue weighted by atomic mass is 16.5. The van der Waals surface area contributed by atoms with Gasteiger partial charge in [0, 0.05) is 19.5 Å². The van der Waals surface area contributed by atoms with E-state index in [4.69, 9.17) is 39.1 Å². The second-order valence-electron chi connectivity index (χ2n) is 20.0. The van der Waals surface area contributed by atoms with Gasteiger partial charge in [0.25, 0.3) is 5.91 Å². The highest BCUT2D eigenvalue weighted by molar-refractivity contribution is 5.98. The van der Waals surface area contributed by atoms with E-state index in [1.807, 2.05) is 5.32 Å². The summed E-state index contributed by atoms with van der Waals surface area (Å²) in [7, 11) is 0. The Morgan fingerprint density at radius 3 is 1.49 bits per heavy atom. The van der Waals surface area contributed by atoms with Crippen LogP contribution in [0.4, 0.5) is 4.79 Å². The summed E-state index contributed by atoms with van der Waals surface area (Å²) in [5, 5.41) is 56.2. The zero-order valence-corrected chi connectivity index (χ0v) is 50.0. The molecule has 0 saturated carbocycles. The maximum atomic E-state index is 14.1. The third-order valence-corrected chi connectivity index (χ3v) is 11.8. The molecule has 0 fully saturated rings. The highest BCUT2D eigenvalue weighted by Crippen LogP contribution is 2.14. The summed E-state index contributed by atoms with van der Waals surface area (Å²) < 4.78 is 5.03. The van der Waals surface area contributed by atoms with Crippen molar-refractivity contribution in [3.05, 3.63) is 29.8 Å². The number of carbonyl (C=O) groups is 15. The van der Waals surface area contributed by atoms with Crippen LogP contribution in [0.25, 0.3) is 0 Å². The Bertz CT molecular complexity index is 2810. The molecular weight excluding hydrogens is 1210 g/mol. The number of nitrogens with one attached hydrogen (secondary N) is 12. The summed E-state index contributed by atoms with van der Waals surface area (Å²) in [6.07, 6.45) is -0.797. The van der Waals surface area contributed by atoms with Crippen molar-refractivity contribution < 1.29 is 92.0 Å². The van der Waals surface area contributed by atoms with Crippen LogP contribution in [-0.2, 0) is 78.3 Å². The van der Waals surface area contributed by atoms with Gasteiger partial charge in [-0.3, -0.25) is 77.1 Å². The number of hydrogen-bond acceptors (Lipinski definition) is 20. The summed E-state index contributed by atoms with van der Waals surface area (Å²) in [6, 6.07) is -6.06. The first-order valence-electron chi connectivity index (χ1n) is 27.7. The van der Waals surface area contributed by atoms with Crippen LogP contribution in [-0.4, -0.2) is 224 Å². The predicted molar refractivity (Wildman–Crippen MR) is 318 cm³/mol. The number of guanidine groups is 2. The molecule has 0 bridgehead atoms. The molecule has 1 aromatic rings. The zero-order valence-electron chi connectivity index (χ0n) is 50.0. The number of primary amides is 2. The maximum Gasteiger partial charge on any atom is 0.344 e. The number of aliphatic hydroxyl groups is 1. The van der Waals surface area contributed by atoms with Gasteiger partial charge in [-0.2, -0.15) is 4.99 Å². The van der Waals surface area contributed by atoms with Gasteiger partial charge in [0.15, 0.2) is 24.9 Å². The van der Waals surface area contributed by atoms with Gasteiger partial charge in [-0.05, 0) is 62.6 Å². The summed E-state index contributed by atoms with van der Waals surface area (Å²) >= 11 is 0. The van der Waals surface area contributed by atoms with Crippen LogP contribution in [0.1, 0.15) is 64.9 Å². The smallest absolute Gasteiger partial charge is 0.344 e. The molecule has 7 atom stereocenters. The predicted octanol–water partition coefficient (Wildman–Crippen LogP) is -10.8. The van der Waals surface area contributed by atoms with E-state index in [1.54, 1.807) is 13.8 Å². The van der Waals surface area contributed by atoms with Crippen molar-refractivity contribution in [2.75, 3.05) is 59.0 Å². The number of nitrogens with zero attached hydrogens (tertiary/aromatic N) is 3. The Hall–Kier alpha value is -11.0. The lowest BCUT2D eigenvalue weighted by molar-refractivity contribution is -0.141. The minimum atomic E-state index is -1.90. The number of aromatic hydroxyl groups is 1. The number of aliphatic hydroxyl groups excluding tert-OH is 1. The fourth-order valence-electron chi connectivity index (χ4n) is 7.36. The van der Waals surface area contributed by atoms with Crippen molar-refractivity contribution in [2.24, 2.45) is 55.3 Å².